The number of carbonyl (C=O) groups is 1. The quantitative estimate of drug-likeness (QED) is 0.807. The molecule has 1 aliphatic carbocycles. The fraction of sp³-hybridized carbons (Fsp3) is 0.533. The number of carboxylic acid groups (broad SMARTS) is 1. The van der Waals surface area contributed by atoms with Gasteiger partial charge in [-0.25, -0.2) is 4.79 Å². The van der Waals surface area contributed by atoms with Crippen molar-refractivity contribution in [1.82, 2.24) is 0 Å². The summed E-state index contributed by atoms with van der Waals surface area (Å²) in [6, 6.07) is 5.30. The van der Waals surface area contributed by atoms with E-state index in [2.05, 4.69) is 12.2 Å². The maximum absolute atomic E-state index is 10.9. The third-order valence-corrected chi connectivity index (χ3v) is 4.23. The molecular formula is C15H20ClNO2. The number of nitrogens with one attached hydrogen (secondary N) is 1. The lowest BCUT2D eigenvalue weighted by atomic mass is 9.96. The van der Waals surface area contributed by atoms with E-state index in [1.165, 1.54) is 31.7 Å². The summed E-state index contributed by atoms with van der Waals surface area (Å²) in [7, 11) is 0. The fourth-order valence-electron chi connectivity index (χ4n) is 2.67. The number of anilines is 1. The first-order valence-electron chi connectivity index (χ1n) is 6.87. The van der Waals surface area contributed by atoms with Crippen molar-refractivity contribution in [3.63, 3.8) is 0 Å². The molecule has 1 aliphatic rings. The topological polar surface area (TPSA) is 49.3 Å². The Hall–Kier alpha value is -1.22. The Morgan fingerprint density at radius 2 is 2.05 bits per heavy atom. The van der Waals surface area contributed by atoms with Crippen LogP contribution in [0.15, 0.2) is 18.2 Å². The van der Waals surface area contributed by atoms with Crippen molar-refractivity contribution in [2.75, 3.05) is 5.32 Å². The summed E-state index contributed by atoms with van der Waals surface area (Å²) in [5, 5.41) is 12.9. The third kappa shape index (κ3) is 3.63. The summed E-state index contributed by atoms with van der Waals surface area (Å²) < 4.78 is 0. The van der Waals surface area contributed by atoms with Crippen molar-refractivity contribution in [2.45, 2.75) is 45.1 Å². The zero-order valence-corrected chi connectivity index (χ0v) is 11.9. The van der Waals surface area contributed by atoms with Gasteiger partial charge in [-0.15, -0.1) is 0 Å². The average molecular weight is 282 g/mol. The van der Waals surface area contributed by atoms with Gasteiger partial charge in [0.05, 0.1) is 16.3 Å². The Labute approximate surface area is 119 Å². The van der Waals surface area contributed by atoms with E-state index in [9.17, 15) is 4.79 Å². The Balaban J connectivity index is 2.11. The Kier molecular flexibility index (Phi) is 4.70. The molecule has 1 aromatic rings. The van der Waals surface area contributed by atoms with E-state index in [1.807, 2.05) is 0 Å². The molecule has 0 aromatic heterocycles. The molecule has 4 heteroatoms. The first-order valence-corrected chi connectivity index (χ1v) is 7.25. The predicted octanol–water partition coefficient (Wildman–Crippen LogP) is 4.42. The molecule has 2 unspecified atom stereocenters. The summed E-state index contributed by atoms with van der Waals surface area (Å²) >= 11 is 6.16. The smallest absolute Gasteiger partial charge is 0.335 e. The first-order chi connectivity index (χ1) is 9.08. The van der Waals surface area contributed by atoms with Gasteiger partial charge in [0.25, 0.3) is 0 Å². The van der Waals surface area contributed by atoms with Crippen LogP contribution in [0.1, 0.15) is 49.4 Å². The van der Waals surface area contributed by atoms with E-state index in [1.54, 1.807) is 12.1 Å². The van der Waals surface area contributed by atoms with Gasteiger partial charge >= 0.3 is 5.97 Å². The number of benzene rings is 1. The predicted molar refractivity (Wildman–Crippen MR) is 78.1 cm³/mol. The van der Waals surface area contributed by atoms with Crippen LogP contribution in [0.3, 0.4) is 0 Å². The van der Waals surface area contributed by atoms with Crippen LogP contribution < -0.4 is 5.32 Å². The van der Waals surface area contributed by atoms with Gasteiger partial charge < -0.3 is 10.4 Å². The molecule has 1 fully saturated rings. The molecule has 0 saturated heterocycles. The lowest BCUT2D eigenvalue weighted by molar-refractivity contribution is 0.0697. The molecule has 2 atom stereocenters. The molecule has 0 amide bonds. The molecule has 0 radical (unpaired) electrons. The maximum Gasteiger partial charge on any atom is 0.335 e. The van der Waals surface area contributed by atoms with E-state index in [-0.39, 0.29) is 5.56 Å². The minimum absolute atomic E-state index is 0.226. The Morgan fingerprint density at radius 1 is 1.32 bits per heavy atom. The molecule has 0 spiro atoms. The molecule has 2 rings (SSSR count). The lowest BCUT2D eigenvalue weighted by Gasteiger charge is -2.24. The molecule has 104 valence electrons. The highest BCUT2D eigenvalue weighted by atomic mass is 35.5. The highest BCUT2D eigenvalue weighted by Crippen LogP contribution is 2.29. The number of carboxylic acids is 1. The molecule has 0 aliphatic heterocycles. The third-order valence-electron chi connectivity index (χ3n) is 3.92. The summed E-state index contributed by atoms with van der Waals surface area (Å²) in [5.41, 5.74) is 1.06. The largest absolute Gasteiger partial charge is 0.478 e. The SMILES string of the molecule is CC1CCCCCC1Nc1ccc(C(=O)O)cc1Cl. The van der Waals surface area contributed by atoms with Crippen molar-refractivity contribution in [3.8, 4) is 0 Å². The van der Waals surface area contributed by atoms with E-state index >= 15 is 0 Å². The molecule has 0 heterocycles. The molecular weight excluding hydrogens is 262 g/mol. The van der Waals surface area contributed by atoms with Crippen molar-refractivity contribution in [3.05, 3.63) is 28.8 Å². The molecule has 1 aromatic carbocycles. The van der Waals surface area contributed by atoms with E-state index in [4.69, 9.17) is 16.7 Å². The minimum Gasteiger partial charge on any atom is -0.478 e. The zero-order chi connectivity index (χ0) is 13.8. The fourth-order valence-corrected chi connectivity index (χ4v) is 2.91. The van der Waals surface area contributed by atoms with E-state index in [0.717, 1.165) is 12.1 Å². The monoisotopic (exact) mass is 281 g/mol. The summed E-state index contributed by atoms with van der Waals surface area (Å²) in [5.74, 6) is -0.325. The molecule has 19 heavy (non-hydrogen) atoms. The molecule has 1 saturated carbocycles. The van der Waals surface area contributed by atoms with Crippen LogP contribution >= 0.6 is 11.6 Å². The van der Waals surface area contributed by atoms with Crippen molar-refractivity contribution in [1.29, 1.82) is 0 Å². The molecule has 3 nitrogen and oxygen atoms in total. The van der Waals surface area contributed by atoms with Gasteiger partial charge in [-0.2, -0.15) is 0 Å². The highest BCUT2D eigenvalue weighted by molar-refractivity contribution is 6.33. The lowest BCUT2D eigenvalue weighted by Crippen LogP contribution is -2.26. The van der Waals surface area contributed by atoms with Crippen molar-refractivity contribution >= 4 is 23.3 Å². The van der Waals surface area contributed by atoms with Crippen LogP contribution in [0.2, 0.25) is 5.02 Å². The van der Waals surface area contributed by atoms with Crippen LogP contribution in [0.25, 0.3) is 0 Å². The second-order valence-corrected chi connectivity index (χ2v) is 5.77. The molecule has 2 N–H and O–H groups in total. The van der Waals surface area contributed by atoms with Gasteiger partial charge in [0.15, 0.2) is 0 Å². The standard InChI is InChI=1S/C15H20ClNO2/c1-10-5-3-2-4-6-13(10)17-14-8-7-11(15(18)19)9-12(14)16/h7-10,13,17H,2-6H2,1H3,(H,18,19). The second kappa shape index (κ2) is 6.29. The maximum atomic E-state index is 10.9. The first kappa shape index (κ1) is 14.2. The second-order valence-electron chi connectivity index (χ2n) is 5.37. The minimum atomic E-state index is -0.948. The Bertz CT molecular complexity index is 461. The number of hydrogen-bond donors (Lipinski definition) is 2. The van der Waals surface area contributed by atoms with Crippen molar-refractivity contribution in [2.24, 2.45) is 5.92 Å². The molecule has 0 bridgehead atoms. The normalized spacial score (nSPS) is 23.7. The average Bonchev–Trinajstić information content (AvgIpc) is 2.57. The van der Waals surface area contributed by atoms with Crippen LogP contribution in [0.5, 0.6) is 0 Å². The summed E-state index contributed by atoms with van der Waals surface area (Å²) in [4.78, 5) is 10.9. The van der Waals surface area contributed by atoms with Gasteiger partial charge in [0.1, 0.15) is 0 Å². The van der Waals surface area contributed by atoms with Gasteiger partial charge in [0.2, 0.25) is 0 Å². The van der Waals surface area contributed by atoms with Crippen LogP contribution in [0, 0.1) is 5.92 Å². The van der Waals surface area contributed by atoms with Gasteiger partial charge in [-0.3, -0.25) is 0 Å². The zero-order valence-electron chi connectivity index (χ0n) is 11.2. The van der Waals surface area contributed by atoms with Gasteiger partial charge in [0, 0.05) is 6.04 Å². The Morgan fingerprint density at radius 3 is 2.74 bits per heavy atom. The van der Waals surface area contributed by atoms with Crippen LogP contribution in [-0.2, 0) is 0 Å². The number of hydrogen-bond acceptors (Lipinski definition) is 2. The van der Waals surface area contributed by atoms with Crippen LogP contribution in [-0.4, -0.2) is 17.1 Å². The number of halogens is 1. The van der Waals surface area contributed by atoms with E-state index < -0.39 is 5.97 Å². The summed E-state index contributed by atoms with van der Waals surface area (Å²) in [6.07, 6.45) is 6.23. The summed E-state index contributed by atoms with van der Waals surface area (Å²) in [6.45, 7) is 2.27. The van der Waals surface area contributed by atoms with Crippen LogP contribution in [0.4, 0.5) is 5.69 Å². The number of aromatic carboxylic acids is 1. The highest BCUT2D eigenvalue weighted by Gasteiger charge is 2.20. The van der Waals surface area contributed by atoms with Gasteiger partial charge in [-0.1, -0.05) is 37.8 Å². The van der Waals surface area contributed by atoms with Gasteiger partial charge in [-0.05, 0) is 37.0 Å². The van der Waals surface area contributed by atoms with Crippen molar-refractivity contribution < 1.29 is 9.90 Å². The van der Waals surface area contributed by atoms with E-state index in [0.29, 0.717) is 17.0 Å². The number of rotatable bonds is 3.